The van der Waals surface area contributed by atoms with Crippen LogP contribution in [0.3, 0.4) is 0 Å². The first-order valence-electron chi connectivity index (χ1n) is 12.3. The van der Waals surface area contributed by atoms with E-state index in [2.05, 4.69) is 5.32 Å². The molecule has 3 aromatic rings. The number of rotatable bonds is 11. The maximum Gasteiger partial charge on any atom is 0.264 e. The molecule has 0 bridgehead atoms. The SMILES string of the molecule is COc1ccc(S(=O)(=O)N(CC(=O)NCc2ccc(CN3CCCC3=O)cc2)c2ccc(Cl)cc2)cc1OC. The average Bonchev–Trinajstić information content (AvgIpc) is 3.35. The summed E-state index contributed by atoms with van der Waals surface area (Å²) in [6.45, 7) is 1.10. The second-order valence-corrected chi connectivity index (χ2v) is 11.3. The molecule has 0 aliphatic carbocycles. The Balaban J connectivity index is 1.48. The summed E-state index contributed by atoms with van der Waals surface area (Å²) in [5, 5.41) is 3.23. The Morgan fingerprint density at radius 1 is 0.974 bits per heavy atom. The minimum atomic E-state index is -4.16. The number of ether oxygens (including phenoxy) is 2. The molecule has 2 amide bonds. The molecule has 1 heterocycles. The van der Waals surface area contributed by atoms with Gasteiger partial charge in [0.2, 0.25) is 11.8 Å². The number of nitrogens with one attached hydrogen (secondary N) is 1. The van der Waals surface area contributed by atoms with E-state index in [1.165, 1.54) is 44.6 Å². The smallest absolute Gasteiger partial charge is 0.264 e. The van der Waals surface area contributed by atoms with Crippen molar-refractivity contribution in [3.63, 3.8) is 0 Å². The van der Waals surface area contributed by atoms with E-state index in [0.29, 0.717) is 23.7 Å². The molecule has 9 nitrogen and oxygen atoms in total. The number of carbonyl (C=O) groups excluding carboxylic acids is 2. The monoisotopic (exact) mass is 571 g/mol. The van der Waals surface area contributed by atoms with Crippen molar-refractivity contribution < 1.29 is 27.5 Å². The molecule has 0 saturated carbocycles. The van der Waals surface area contributed by atoms with E-state index in [0.717, 1.165) is 28.4 Å². The quantitative estimate of drug-likeness (QED) is 0.373. The Bertz CT molecular complexity index is 1430. The standard InChI is InChI=1S/C28H30ClN3O6S/c1-37-25-14-13-24(16-26(25)38-2)39(35,36)32(23-11-9-22(29)10-12-23)19-27(33)30-17-20-5-7-21(8-6-20)18-31-15-3-4-28(31)34/h5-14,16H,3-4,15,17-19H2,1-2H3,(H,30,33). The van der Waals surface area contributed by atoms with Crippen LogP contribution in [0.5, 0.6) is 11.5 Å². The van der Waals surface area contributed by atoms with E-state index in [9.17, 15) is 18.0 Å². The van der Waals surface area contributed by atoms with Crippen LogP contribution < -0.4 is 19.1 Å². The zero-order chi connectivity index (χ0) is 28.0. The predicted octanol–water partition coefficient (Wildman–Crippen LogP) is 3.99. The summed E-state index contributed by atoms with van der Waals surface area (Å²) in [6.07, 6.45) is 1.48. The van der Waals surface area contributed by atoms with E-state index < -0.39 is 22.5 Å². The number of hydrogen-bond donors (Lipinski definition) is 1. The van der Waals surface area contributed by atoms with Crippen molar-refractivity contribution in [2.75, 3.05) is 31.6 Å². The number of benzene rings is 3. The lowest BCUT2D eigenvalue weighted by Crippen LogP contribution is -2.40. The molecule has 1 saturated heterocycles. The van der Waals surface area contributed by atoms with E-state index in [-0.39, 0.29) is 28.8 Å². The second kappa shape index (κ2) is 12.4. The molecule has 206 valence electrons. The van der Waals surface area contributed by atoms with Gasteiger partial charge < -0.3 is 19.7 Å². The van der Waals surface area contributed by atoms with Gasteiger partial charge in [-0.2, -0.15) is 0 Å². The number of methoxy groups -OCH3 is 2. The molecular formula is C28H30ClN3O6S. The molecule has 1 aliphatic heterocycles. The molecule has 11 heteroatoms. The van der Waals surface area contributed by atoms with Crippen LogP contribution in [0.1, 0.15) is 24.0 Å². The number of halogens is 1. The van der Waals surface area contributed by atoms with Gasteiger partial charge in [-0.3, -0.25) is 13.9 Å². The molecule has 1 N–H and O–H groups in total. The zero-order valence-corrected chi connectivity index (χ0v) is 23.3. The third-order valence-corrected chi connectivity index (χ3v) is 8.42. The van der Waals surface area contributed by atoms with Crippen LogP contribution in [0.15, 0.2) is 71.6 Å². The Morgan fingerprint density at radius 3 is 2.26 bits per heavy atom. The summed E-state index contributed by atoms with van der Waals surface area (Å²) >= 11 is 6.01. The average molecular weight is 572 g/mol. The fraction of sp³-hybridized carbons (Fsp3) is 0.286. The normalized spacial score (nSPS) is 13.3. The van der Waals surface area contributed by atoms with Crippen molar-refractivity contribution in [3.8, 4) is 11.5 Å². The first kappa shape index (κ1) is 28.3. The third kappa shape index (κ3) is 6.82. The number of anilines is 1. The number of nitrogens with zero attached hydrogens (tertiary/aromatic N) is 2. The van der Waals surface area contributed by atoms with Crippen LogP contribution in [0.25, 0.3) is 0 Å². The summed E-state index contributed by atoms with van der Waals surface area (Å²) in [5.41, 5.74) is 2.14. The van der Waals surface area contributed by atoms with Gasteiger partial charge in [0.1, 0.15) is 6.54 Å². The first-order valence-corrected chi connectivity index (χ1v) is 14.2. The zero-order valence-electron chi connectivity index (χ0n) is 21.7. The Morgan fingerprint density at radius 2 is 1.64 bits per heavy atom. The van der Waals surface area contributed by atoms with Crippen molar-refractivity contribution in [1.82, 2.24) is 10.2 Å². The van der Waals surface area contributed by atoms with Crippen LogP contribution in [0.2, 0.25) is 5.02 Å². The molecular weight excluding hydrogens is 542 g/mol. The molecule has 4 rings (SSSR count). The van der Waals surface area contributed by atoms with Crippen molar-refractivity contribution in [2.45, 2.75) is 30.8 Å². The van der Waals surface area contributed by atoms with Gasteiger partial charge in [-0.05, 0) is 53.9 Å². The maximum absolute atomic E-state index is 13.7. The van der Waals surface area contributed by atoms with Gasteiger partial charge in [0, 0.05) is 37.1 Å². The van der Waals surface area contributed by atoms with Crippen LogP contribution in [0.4, 0.5) is 5.69 Å². The molecule has 39 heavy (non-hydrogen) atoms. The van der Waals surface area contributed by atoms with E-state index >= 15 is 0 Å². The van der Waals surface area contributed by atoms with Crippen molar-refractivity contribution in [1.29, 1.82) is 0 Å². The van der Waals surface area contributed by atoms with Gasteiger partial charge in [0.15, 0.2) is 11.5 Å². The fourth-order valence-electron chi connectivity index (χ4n) is 4.27. The number of sulfonamides is 1. The van der Waals surface area contributed by atoms with Crippen LogP contribution in [-0.4, -0.2) is 52.4 Å². The number of carbonyl (C=O) groups is 2. The highest BCUT2D eigenvalue weighted by Gasteiger charge is 2.28. The van der Waals surface area contributed by atoms with E-state index in [1.807, 2.05) is 29.2 Å². The van der Waals surface area contributed by atoms with Crippen molar-refractivity contribution in [3.05, 3.63) is 82.9 Å². The highest BCUT2D eigenvalue weighted by molar-refractivity contribution is 7.92. The number of likely N-dealkylation sites (tertiary alicyclic amines) is 1. The second-order valence-electron chi connectivity index (χ2n) is 9.02. The highest BCUT2D eigenvalue weighted by atomic mass is 35.5. The summed E-state index contributed by atoms with van der Waals surface area (Å²) in [7, 11) is -1.29. The van der Waals surface area contributed by atoms with Crippen molar-refractivity contribution >= 4 is 39.1 Å². The fourth-order valence-corrected chi connectivity index (χ4v) is 5.83. The van der Waals surface area contributed by atoms with E-state index in [1.54, 1.807) is 12.1 Å². The van der Waals surface area contributed by atoms with Gasteiger partial charge in [-0.25, -0.2) is 8.42 Å². The molecule has 0 radical (unpaired) electrons. The van der Waals surface area contributed by atoms with Gasteiger partial charge >= 0.3 is 0 Å². The summed E-state index contributed by atoms with van der Waals surface area (Å²) in [5.74, 6) is 0.308. The third-order valence-electron chi connectivity index (χ3n) is 6.40. The molecule has 3 aromatic carbocycles. The number of hydrogen-bond acceptors (Lipinski definition) is 6. The minimum Gasteiger partial charge on any atom is -0.493 e. The van der Waals surface area contributed by atoms with Gasteiger partial charge in [0.25, 0.3) is 10.0 Å². The van der Waals surface area contributed by atoms with Crippen molar-refractivity contribution in [2.24, 2.45) is 0 Å². The number of amides is 2. The minimum absolute atomic E-state index is 0.0602. The van der Waals surface area contributed by atoms with Gasteiger partial charge in [-0.1, -0.05) is 35.9 Å². The van der Waals surface area contributed by atoms with E-state index in [4.69, 9.17) is 21.1 Å². The Labute approximate surface area is 233 Å². The molecule has 1 fully saturated rings. The summed E-state index contributed by atoms with van der Waals surface area (Å²) in [4.78, 5) is 26.6. The molecule has 0 atom stereocenters. The van der Waals surface area contributed by atoms with Gasteiger partial charge in [0.05, 0.1) is 24.8 Å². The highest BCUT2D eigenvalue weighted by Crippen LogP contribution is 2.32. The lowest BCUT2D eigenvalue weighted by molar-refractivity contribution is -0.128. The first-order chi connectivity index (χ1) is 18.7. The Hall–Kier alpha value is -3.76. The predicted molar refractivity (Wildman–Crippen MR) is 148 cm³/mol. The largest absolute Gasteiger partial charge is 0.493 e. The topological polar surface area (TPSA) is 105 Å². The molecule has 0 unspecified atom stereocenters. The molecule has 0 spiro atoms. The molecule has 0 aromatic heterocycles. The lowest BCUT2D eigenvalue weighted by Gasteiger charge is -2.24. The van der Waals surface area contributed by atoms with Crippen LogP contribution in [0, 0.1) is 0 Å². The molecule has 1 aliphatic rings. The summed E-state index contributed by atoms with van der Waals surface area (Å²) in [6, 6.07) is 18.1. The van der Waals surface area contributed by atoms with Crippen LogP contribution in [-0.2, 0) is 32.7 Å². The summed E-state index contributed by atoms with van der Waals surface area (Å²) < 4.78 is 38.9. The van der Waals surface area contributed by atoms with Crippen LogP contribution >= 0.6 is 11.6 Å². The maximum atomic E-state index is 13.7. The lowest BCUT2D eigenvalue weighted by atomic mass is 10.1. The van der Waals surface area contributed by atoms with Gasteiger partial charge in [-0.15, -0.1) is 0 Å². The Kier molecular flexibility index (Phi) is 8.98.